The molecule has 0 bridgehead atoms. The molecule has 1 saturated heterocycles. The molecular formula is C18H28N2O. The summed E-state index contributed by atoms with van der Waals surface area (Å²) in [5, 5.41) is 3.38. The first-order valence-electron chi connectivity index (χ1n) is 8.32. The van der Waals surface area contributed by atoms with Gasteiger partial charge in [-0.3, -0.25) is 4.79 Å². The Hall–Kier alpha value is -1.35. The van der Waals surface area contributed by atoms with Crippen LogP contribution >= 0.6 is 0 Å². The lowest BCUT2D eigenvalue weighted by molar-refractivity contribution is -0.132. The Labute approximate surface area is 128 Å². The third kappa shape index (κ3) is 5.50. The van der Waals surface area contributed by atoms with Crippen LogP contribution in [0.15, 0.2) is 30.3 Å². The normalized spacial score (nSPS) is 15.9. The zero-order chi connectivity index (χ0) is 14.9. The van der Waals surface area contributed by atoms with E-state index in [4.69, 9.17) is 0 Å². The maximum Gasteiger partial charge on any atom is 0.222 e. The fourth-order valence-electron chi connectivity index (χ4n) is 3.02. The standard InChI is InChI=1S/C18H28N2O/c1-2-14-20(15-17-6-4-3-5-7-17)18(21)9-8-16-10-12-19-13-11-16/h3-7,16,19H,2,8-15H2,1H3. The number of piperidine rings is 1. The fraction of sp³-hybridized carbons (Fsp3) is 0.611. The van der Waals surface area contributed by atoms with Gasteiger partial charge in [-0.15, -0.1) is 0 Å². The monoisotopic (exact) mass is 288 g/mol. The van der Waals surface area contributed by atoms with Gasteiger partial charge in [-0.1, -0.05) is 37.3 Å². The molecule has 1 aromatic rings. The molecular weight excluding hydrogens is 260 g/mol. The highest BCUT2D eigenvalue weighted by atomic mass is 16.2. The summed E-state index contributed by atoms with van der Waals surface area (Å²) in [4.78, 5) is 14.5. The summed E-state index contributed by atoms with van der Waals surface area (Å²) >= 11 is 0. The van der Waals surface area contributed by atoms with E-state index < -0.39 is 0 Å². The van der Waals surface area contributed by atoms with Crippen LogP contribution in [0.5, 0.6) is 0 Å². The minimum atomic E-state index is 0.319. The van der Waals surface area contributed by atoms with E-state index >= 15 is 0 Å². The van der Waals surface area contributed by atoms with Gasteiger partial charge in [0.2, 0.25) is 5.91 Å². The van der Waals surface area contributed by atoms with Gasteiger partial charge in [-0.25, -0.2) is 0 Å². The van der Waals surface area contributed by atoms with Crippen molar-refractivity contribution >= 4 is 5.91 Å². The Kier molecular flexibility index (Phi) is 6.74. The molecule has 0 radical (unpaired) electrons. The van der Waals surface area contributed by atoms with E-state index in [1.807, 2.05) is 23.1 Å². The van der Waals surface area contributed by atoms with Crippen LogP contribution in [0.3, 0.4) is 0 Å². The van der Waals surface area contributed by atoms with Gasteiger partial charge in [-0.2, -0.15) is 0 Å². The summed E-state index contributed by atoms with van der Waals surface area (Å²) in [5.74, 6) is 1.05. The molecule has 0 aromatic heterocycles. The molecule has 1 aliphatic heterocycles. The van der Waals surface area contributed by atoms with Gasteiger partial charge in [0, 0.05) is 19.5 Å². The smallest absolute Gasteiger partial charge is 0.222 e. The van der Waals surface area contributed by atoms with Crippen molar-refractivity contribution in [2.24, 2.45) is 5.92 Å². The van der Waals surface area contributed by atoms with Crippen LogP contribution in [0.1, 0.15) is 44.6 Å². The number of hydrogen-bond donors (Lipinski definition) is 1. The first-order valence-corrected chi connectivity index (χ1v) is 8.32. The fourth-order valence-corrected chi connectivity index (χ4v) is 3.02. The largest absolute Gasteiger partial charge is 0.338 e. The zero-order valence-electron chi connectivity index (χ0n) is 13.2. The van der Waals surface area contributed by atoms with Crippen LogP contribution in [-0.4, -0.2) is 30.4 Å². The molecule has 1 amide bonds. The Morgan fingerprint density at radius 3 is 2.62 bits per heavy atom. The van der Waals surface area contributed by atoms with Crippen LogP contribution in [0, 0.1) is 5.92 Å². The molecule has 116 valence electrons. The maximum atomic E-state index is 12.5. The molecule has 0 aliphatic carbocycles. The van der Waals surface area contributed by atoms with Crippen molar-refractivity contribution in [2.75, 3.05) is 19.6 Å². The number of hydrogen-bond acceptors (Lipinski definition) is 2. The summed E-state index contributed by atoms with van der Waals surface area (Å²) in [5.41, 5.74) is 1.22. The molecule has 1 aliphatic rings. The molecule has 21 heavy (non-hydrogen) atoms. The molecule has 0 saturated carbocycles. The number of benzene rings is 1. The van der Waals surface area contributed by atoms with Crippen LogP contribution in [0.2, 0.25) is 0 Å². The average Bonchev–Trinajstić information content (AvgIpc) is 2.54. The van der Waals surface area contributed by atoms with Crippen molar-refractivity contribution in [3.63, 3.8) is 0 Å². The minimum Gasteiger partial charge on any atom is -0.338 e. The quantitative estimate of drug-likeness (QED) is 0.835. The lowest BCUT2D eigenvalue weighted by Gasteiger charge is -2.25. The third-order valence-corrected chi connectivity index (χ3v) is 4.29. The molecule has 1 aromatic carbocycles. The van der Waals surface area contributed by atoms with Crippen molar-refractivity contribution in [1.29, 1.82) is 0 Å². The average molecular weight is 288 g/mol. The number of carbonyl (C=O) groups is 1. The molecule has 3 heteroatoms. The van der Waals surface area contributed by atoms with Gasteiger partial charge in [0.05, 0.1) is 0 Å². The lowest BCUT2D eigenvalue weighted by Crippen LogP contribution is -2.32. The molecule has 3 nitrogen and oxygen atoms in total. The van der Waals surface area contributed by atoms with Crippen molar-refractivity contribution in [1.82, 2.24) is 10.2 Å². The second-order valence-electron chi connectivity index (χ2n) is 6.03. The molecule has 0 atom stereocenters. The summed E-state index contributed by atoms with van der Waals surface area (Å²) in [6.45, 7) is 5.97. The lowest BCUT2D eigenvalue weighted by atomic mass is 9.93. The number of rotatable bonds is 7. The van der Waals surface area contributed by atoms with Crippen molar-refractivity contribution in [3.8, 4) is 0 Å². The predicted octanol–water partition coefficient (Wildman–Crippen LogP) is 3.21. The molecule has 1 heterocycles. The van der Waals surface area contributed by atoms with Crippen molar-refractivity contribution < 1.29 is 4.79 Å². The van der Waals surface area contributed by atoms with Gasteiger partial charge in [0.1, 0.15) is 0 Å². The number of nitrogens with one attached hydrogen (secondary N) is 1. The summed E-state index contributed by atoms with van der Waals surface area (Å²) < 4.78 is 0. The third-order valence-electron chi connectivity index (χ3n) is 4.29. The van der Waals surface area contributed by atoms with E-state index in [2.05, 4.69) is 24.4 Å². The van der Waals surface area contributed by atoms with Crippen molar-refractivity contribution in [3.05, 3.63) is 35.9 Å². The number of carbonyl (C=O) groups excluding carboxylic acids is 1. The van der Waals surface area contributed by atoms with Crippen LogP contribution in [-0.2, 0) is 11.3 Å². The number of nitrogens with zero attached hydrogens (tertiary/aromatic N) is 1. The highest BCUT2D eigenvalue weighted by molar-refractivity contribution is 5.76. The zero-order valence-corrected chi connectivity index (χ0v) is 13.2. The summed E-state index contributed by atoms with van der Waals surface area (Å²) in [7, 11) is 0. The Bertz CT molecular complexity index is 412. The maximum absolute atomic E-state index is 12.5. The molecule has 0 unspecified atom stereocenters. The highest BCUT2D eigenvalue weighted by Gasteiger charge is 2.17. The van der Waals surface area contributed by atoms with Gasteiger partial charge >= 0.3 is 0 Å². The first kappa shape index (κ1) is 16.0. The van der Waals surface area contributed by atoms with Gasteiger partial charge < -0.3 is 10.2 Å². The molecule has 2 rings (SSSR count). The number of amides is 1. The van der Waals surface area contributed by atoms with E-state index in [0.29, 0.717) is 12.3 Å². The van der Waals surface area contributed by atoms with E-state index in [1.165, 1.54) is 18.4 Å². The van der Waals surface area contributed by atoms with E-state index in [-0.39, 0.29) is 0 Å². The predicted molar refractivity (Wildman–Crippen MR) is 87.0 cm³/mol. The van der Waals surface area contributed by atoms with E-state index in [1.54, 1.807) is 0 Å². The SMILES string of the molecule is CCCN(Cc1ccccc1)C(=O)CCC1CCNCC1. The minimum absolute atomic E-state index is 0.319. The Balaban J connectivity index is 1.83. The van der Waals surface area contributed by atoms with Gasteiger partial charge in [0.15, 0.2) is 0 Å². The van der Waals surface area contributed by atoms with E-state index in [0.717, 1.165) is 44.9 Å². The second-order valence-corrected chi connectivity index (χ2v) is 6.03. The van der Waals surface area contributed by atoms with Crippen molar-refractivity contribution in [2.45, 2.75) is 45.6 Å². The second kappa shape index (κ2) is 8.83. The van der Waals surface area contributed by atoms with Crippen LogP contribution in [0.4, 0.5) is 0 Å². The van der Waals surface area contributed by atoms with Gasteiger partial charge in [-0.05, 0) is 50.3 Å². The van der Waals surface area contributed by atoms with Gasteiger partial charge in [0.25, 0.3) is 0 Å². The molecule has 1 fully saturated rings. The van der Waals surface area contributed by atoms with Crippen LogP contribution in [0.25, 0.3) is 0 Å². The van der Waals surface area contributed by atoms with E-state index in [9.17, 15) is 4.79 Å². The van der Waals surface area contributed by atoms with Crippen LogP contribution < -0.4 is 5.32 Å². The summed E-state index contributed by atoms with van der Waals surface area (Å²) in [6.07, 6.45) is 5.22. The summed E-state index contributed by atoms with van der Waals surface area (Å²) in [6, 6.07) is 10.3. The topological polar surface area (TPSA) is 32.3 Å². The Morgan fingerprint density at radius 2 is 1.95 bits per heavy atom. The Morgan fingerprint density at radius 1 is 1.24 bits per heavy atom. The highest BCUT2D eigenvalue weighted by Crippen LogP contribution is 2.19. The molecule has 1 N–H and O–H groups in total. The first-order chi connectivity index (χ1) is 10.3. The molecule has 0 spiro atoms.